The minimum absolute atomic E-state index is 0.137. The van der Waals surface area contributed by atoms with Gasteiger partial charge in [-0.05, 0) is 23.3 Å². The highest BCUT2D eigenvalue weighted by Crippen LogP contribution is 2.34. The van der Waals surface area contributed by atoms with Crippen LogP contribution >= 0.6 is 11.8 Å². The second-order valence-electron chi connectivity index (χ2n) is 5.75. The molecule has 1 aliphatic rings. The maximum atomic E-state index is 5.84. The maximum absolute atomic E-state index is 5.84. The Hall–Kier alpha value is -2.72. The minimum atomic E-state index is 0.137. The monoisotopic (exact) mass is 346 g/mol. The molecule has 0 aliphatic carbocycles. The van der Waals surface area contributed by atoms with Crippen molar-refractivity contribution in [2.75, 3.05) is 0 Å². The number of nitrogens with zero attached hydrogens (tertiary/aromatic N) is 1. The van der Waals surface area contributed by atoms with Crippen LogP contribution in [-0.2, 0) is 6.61 Å². The summed E-state index contributed by atoms with van der Waals surface area (Å²) in [4.78, 5) is 0. The van der Waals surface area contributed by atoms with Crippen molar-refractivity contribution in [3.8, 4) is 5.75 Å². The van der Waals surface area contributed by atoms with Gasteiger partial charge in [-0.1, -0.05) is 84.6 Å². The lowest BCUT2D eigenvalue weighted by Gasteiger charge is -2.11. The number of nitrogens with one attached hydrogen (secondary N) is 1. The zero-order valence-corrected chi connectivity index (χ0v) is 14.4. The van der Waals surface area contributed by atoms with E-state index in [2.05, 4.69) is 46.9 Å². The smallest absolute Gasteiger partial charge is 0.126 e. The molecule has 0 bridgehead atoms. The first-order valence-corrected chi connectivity index (χ1v) is 9.08. The van der Waals surface area contributed by atoms with Gasteiger partial charge < -0.3 is 4.74 Å². The molecule has 0 unspecified atom stereocenters. The molecule has 0 radical (unpaired) electrons. The predicted molar refractivity (Wildman–Crippen MR) is 104 cm³/mol. The first-order valence-electron chi connectivity index (χ1n) is 8.20. The maximum Gasteiger partial charge on any atom is 0.126 e. The van der Waals surface area contributed by atoms with E-state index in [-0.39, 0.29) is 5.37 Å². The van der Waals surface area contributed by atoms with Crippen molar-refractivity contribution in [1.29, 1.82) is 0 Å². The third kappa shape index (κ3) is 3.86. The highest BCUT2D eigenvalue weighted by atomic mass is 32.2. The molecule has 0 fully saturated rings. The second-order valence-corrected chi connectivity index (χ2v) is 6.85. The first-order chi connectivity index (χ1) is 12.4. The van der Waals surface area contributed by atoms with E-state index in [1.807, 2.05) is 48.5 Å². The molecule has 4 rings (SSSR count). The summed E-state index contributed by atoms with van der Waals surface area (Å²) in [6.45, 7) is 0.581. The zero-order chi connectivity index (χ0) is 16.9. The van der Waals surface area contributed by atoms with Crippen LogP contribution in [0.15, 0.2) is 90.0 Å². The molecule has 3 aromatic rings. The SMILES string of the molecule is c1ccc(COc2ccc([C@H]3NN=C(c4ccccc4)S3)cc2)cc1. The van der Waals surface area contributed by atoms with Crippen LogP contribution in [0.1, 0.15) is 22.1 Å². The van der Waals surface area contributed by atoms with E-state index >= 15 is 0 Å². The van der Waals surface area contributed by atoms with Crippen molar-refractivity contribution >= 4 is 16.8 Å². The fourth-order valence-electron chi connectivity index (χ4n) is 2.62. The molecule has 25 heavy (non-hydrogen) atoms. The normalized spacial score (nSPS) is 16.2. The molecule has 1 heterocycles. The van der Waals surface area contributed by atoms with Gasteiger partial charge in [0.05, 0.1) is 0 Å². The van der Waals surface area contributed by atoms with E-state index in [9.17, 15) is 0 Å². The summed E-state index contributed by atoms with van der Waals surface area (Å²) in [6, 6.07) is 28.6. The average molecular weight is 346 g/mol. The van der Waals surface area contributed by atoms with E-state index in [0.717, 1.165) is 16.4 Å². The van der Waals surface area contributed by atoms with Gasteiger partial charge in [-0.2, -0.15) is 5.10 Å². The average Bonchev–Trinajstić information content (AvgIpc) is 3.19. The molecule has 3 nitrogen and oxygen atoms in total. The van der Waals surface area contributed by atoms with Crippen molar-refractivity contribution < 1.29 is 4.74 Å². The van der Waals surface area contributed by atoms with Gasteiger partial charge in [0.2, 0.25) is 0 Å². The zero-order valence-electron chi connectivity index (χ0n) is 13.6. The molecular formula is C21H18N2OS. The molecule has 0 saturated heterocycles. The molecule has 4 heteroatoms. The topological polar surface area (TPSA) is 33.6 Å². The third-order valence-corrected chi connectivity index (χ3v) is 5.13. The Labute approximate surface area is 151 Å². The summed E-state index contributed by atoms with van der Waals surface area (Å²) in [7, 11) is 0. The first kappa shape index (κ1) is 15.8. The largest absolute Gasteiger partial charge is 0.489 e. The van der Waals surface area contributed by atoms with Crippen LogP contribution in [0.2, 0.25) is 0 Å². The Morgan fingerprint density at radius 2 is 1.52 bits per heavy atom. The number of hydrazone groups is 1. The van der Waals surface area contributed by atoms with Crippen LogP contribution in [0.3, 0.4) is 0 Å². The molecule has 1 N–H and O–H groups in total. The summed E-state index contributed by atoms with van der Waals surface area (Å²) < 4.78 is 5.84. The van der Waals surface area contributed by atoms with Crippen molar-refractivity contribution in [3.05, 3.63) is 102 Å². The lowest BCUT2D eigenvalue weighted by molar-refractivity contribution is 0.306. The molecule has 0 amide bonds. The van der Waals surface area contributed by atoms with Crippen LogP contribution in [0.25, 0.3) is 0 Å². The fourth-order valence-corrected chi connectivity index (χ4v) is 3.62. The Balaban J connectivity index is 1.37. The molecule has 0 saturated carbocycles. The lowest BCUT2D eigenvalue weighted by atomic mass is 10.2. The highest BCUT2D eigenvalue weighted by Gasteiger charge is 2.21. The van der Waals surface area contributed by atoms with E-state index in [1.165, 1.54) is 11.1 Å². The summed E-state index contributed by atoms with van der Waals surface area (Å²) in [6.07, 6.45) is 0. The van der Waals surface area contributed by atoms with Gasteiger partial charge >= 0.3 is 0 Å². The molecule has 0 spiro atoms. The van der Waals surface area contributed by atoms with Gasteiger partial charge in [-0.25, -0.2) is 0 Å². The van der Waals surface area contributed by atoms with Crippen molar-refractivity contribution in [3.63, 3.8) is 0 Å². The van der Waals surface area contributed by atoms with Crippen molar-refractivity contribution in [1.82, 2.24) is 5.43 Å². The molecule has 1 atom stereocenters. The molecular weight excluding hydrogens is 328 g/mol. The Morgan fingerprint density at radius 3 is 2.24 bits per heavy atom. The summed E-state index contributed by atoms with van der Waals surface area (Å²) in [5.74, 6) is 0.875. The third-order valence-electron chi connectivity index (χ3n) is 3.96. The van der Waals surface area contributed by atoms with Crippen LogP contribution in [0, 0.1) is 0 Å². The van der Waals surface area contributed by atoms with Gasteiger partial charge in [-0.3, -0.25) is 5.43 Å². The van der Waals surface area contributed by atoms with E-state index in [4.69, 9.17) is 4.74 Å². The van der Waals surface area contributed by atoms with Crippen molar-refractivity contribution in [2.24, 2.45) is 5.10 Å². The lowest BCUT2D eigenvalue weighted by Crippen LogP contribution is -2.06. The van der Waals surface area contributed by atoms with E-state index < -0.39 is 0 Å². The standard InChI is InChI=1S/C21H18N2OS/c1-3-7-16(8-4-1)15-24-19-13-11-18(12-14-19)21-23-22-20(25-21)17-9-5-2-6-10-17/h1-14,21,23H,15H2/t21-/m0/s1. The molecule has 0 aromatic heterocycles. The number of benzene rings is 3. The van der Waals surface area contributed by atoms with Gasteiger partial charge in [0.1, 0.15) is 22.8 Å². The Morgan fingerprint density at radius 1 is 0.840 bits per heavy atom. The number of hydrogen-bond donors (Lipinski definition) is 1. The summed E-state index contributed by atoms with van der Waals surface area (Å²) in [5, 5.41) is 5.62. The number of ether oxygens (including phenoxy) is 1. The van der Waals surface area contributed by atoms with Crippen LogP contribution in [0.4, 0.5) is 0 Å². The Bertz CT molecular complexity index is 848. The number of thioether (sulfide) groups is 1. The molecule has 1 aliphatic heterocycles. The minimum Gasteiger partial charge on any atom is -0.489 e. The van der Waals surface area contributed by atoms with Crippen LogP contribution < -0.4 is 10.2 Å². The fraction of sp³-hybridized carbons (Fsp3) is 0.0952. The number of rotatable bonds is 5. The van der Waals surface area contributed by atoms with Gasteiger partial charge in [0, 0.05) is 5.56 Å². The Kier molecular flexibility index (Phi) is 4.70. The highest BCUT2D eigenvalue weighted by molar-refractivity contribution is 8.14. The van der Waals surface area contributed by atoms with Gasteiger partial charge in [0.25, 0.3) is 0 Å². The molecule has 124 valence electrons. The summed E-state index contributed by atoms with van der Waals surface area (Å²) in [5.41, 5.74) is 6.71. The van der Waals surface area contributed by atoms with Gasteiger partial charge in [-0.15, -0.1) is 0 Å². The quantitative estimate of drug-likeness (QED) is 0.709. The predicted octanol–water partition coefficient (Wildman–Crippen LogP) is 4.96. The van der Waals surface area contributed by atoms with Crippen LogP contribution in [-0.4, -0.2) is 5.04 Å². The van der Waals surface area contributed by atoms with Crippen LogP contribution in [0.5, 0.6) is 5.75 Å². The number of hydrogen-bond acceptors (Lipinski definition) is 4. The summed E-state index contributed by atoms with van der Waals surface area (Å²) >= 11 is 1.73. The van der Waals surface area contributed by atoms with E-state index in [0.29, 0.717) is 6.61 Å². The van der Waals surface area contributed by atoms with Crippen molar-refractivity contribution in [2.45, 2.75) is 12.0 Å². The second kappa shape index (κ2) is 7.45. The molecule has 3 aromatic carbocycles. The van der Waals surface area contributed by atoms with E-state index in [1.54, 1.807) is 11.8 Å². The van der Waals surface area contributed by atoms with Gasteiger partial charge in [0.15, 0.2) is 0 Å².